The van der Waals surface area contributed by atoms with Crippen LogP contribution in [0.25, 0.3) is 10.9 Å². The Morgan fingerprint density at radius 1 is 1.23 bits per heavy atom. The fraction of sp³-hybridized carbons (Fsp3) is 0.360. The minimum atomic E-state index is -0.124. The van der Waals surface area contributed by atoms with Crippen LogP contribution in [0.1, 0.15) is 48.7 Å². The van der Waals surface area contributed by atoms with Gasteiger partial charge in [-0.25, -0.2) is 0 Å². The van der Waals surface area contributed by atoms with Gasteiger partial charge in [-0.05, 0) is 68.5 Å². The van der Waals surface area contributed by atoms with Crippen LogP contribution < -0.4 is 4.90 Å². The first-order valence-corrected chi connectivity index (χ1v) is 10.4. The van der Waals surface area contributed by atoms with Crippen LogP contribution in [0.4, 0.5) is 5.69 Å². The molecule has 1 amide bonds. The van der Waals surface area contributed by atoms with Crippen molar-refractivity contribution < 1.29 is 9.53 Å². The van der Waals surface area contributed by atoms with Crippen LogP contribution in [0.5, 0.6) is 0 Å². The fourth-order valence-corrected chi connectivity index (χ4v) is 4.42. The van der Waals surface area contributed by atoms with Crippen LogP contribution in [0.2, 0.25) is 0 Å². The molecule has 1 atom stereocenters. The van der Waals surface area contributed by atoms with Gasteiger partial charge in [0.1, 0.15) is 12.2 Å². The number of amides is 1. The van der Waals surface area contributed by atoms with Gasteiger partial charge in [-0.1, -0.05) is 24.3 Å². The molecule has 2 heterocycles. The number of para-hydroxylation sites is 1. The lowest BCUT2D eigenvalue weighted by atomic mass is 9.83. The topological polar surface area (TPSA) is 58.3 Å². The van der Waals surface area contributed by atoms with Gasteiger partial charge in [0.05, 0.1) is 11.7 Å². The molecule has 30 heavy (non-hydrogen) atoms. The molecule has 1 aromatic heterocycles. The molecule has 2 aromatic carbocycles. The maximum atomic E-state index is 13.3. The van der Waals surface area contributed by atoms with Gasteiger partial charge in [0.15, 0.2) is 0 Å². The number of nitrogens with zero attached hydrogens (tertiary/aromatic N) is 3. The second-order valence-electron chi connectivity index (χ2n) is 8.59. The van der Waals surface area contributed by atoms with Crippen molar-refractivity contribution in [2.45, 2.75) is 44.8 Å². The van der Waals surface area contributed by atoms with Crippen molar-refractivity contribution in [2.24, 2.45) is 0 Å². The van der Waals surface area contributed by atoms with E-state index >= 15 is 0 Å². The molecule has 1 saturated heterocycles. The number of aromatic nitrogens is 1. The number of fused-ring (bicyclic) bond motifs is 1. The third-order valence-corrected chi connectivity index (χ3v) is 5.99. The number of benzene rings is 2. The highest BCUT2D eigenvalue weighted by atomic mass is 16.5. The first-order valence-electron chi connectivity index (χ1n) is 10.4. The molecule has 5 heteroatoms. The van der Waals surface area contributed by atoms with Crippen LogP contribution in [0, 0.1) is 11.3 Å². The van der Waals surface area contributed by atoms with Crippen molar-refractivity contribution in [3.8, 4) is 6.07 Å². The summed E-state index contributed by atoms with van der Waals surface area (Å²) in [7, 11) is 1.77. The Hall–Kier alpha value is -3.10. The number of carbonyl (C=O) groups excluding carboxylic acids is 1. The zero-order valence-electron chi connectivity index (χ0n) is 17.8. The summed E-state index contributed by atoms with van der Waals surface area (Å²) in [5.74, 6) is 0.310. The van der Waals surface area contributed by atoms with Gasteiger partial charge < -0.3 is 14.2 Å². The largest absolute Gasteiger partial charge is 0.376 e. The third-order valence-electron chi connectivity index (χ3n) is 5.99. The summed E-state index contributed by atoms with van der Waals surface area (Å²) >= 11 is 0. The highest BCUT2D eigenvalue weighted by molar-refractivity contribution is 6.07. The van der Waals surface area contributed by atoms with Crippen molar-refractivity contribution in [1.82, 2.24) is 4.57 Å². The lowest BCUT2D eigenvalue weighted by Gasteiger charge is -2.35. The highest BCUT2D eigenvalue weighted by Crippen LogP contribution is 2.37. The molecule has 154 valence electrons. The van der Waals surface area contributed by atoms with Crippen molar-refractivity contribution in [3.63, 3.8) is 0 Å². The Morgan fingerprint density at radius 2 is 2.00 bits per heavy atom. The number of ether oxygens (including phenoxy) is 1. The molecule has 0 unspecified atom stereocenters. The second-order valence-corrected chi connectivity index (χ2v) is 8.59. The van der Waals surface area contributed by atoms with Gasteiger partial charge in [0.25, 0.3) is 5.91 Å². The van der Waals surface area contributed by atoms with Crippen molar-refractivity contribution in [2.75, 3.05) is 18.6 Å². The Labute approximate surface area is 177 Å². The quantitative estimate of drug-likeness (QED) is 0.610. The van der Waals surface area contributed by atoms with E-state index in [4.69, 9.17) is 4.74 Å². The molecule has 0 N–H and O–H groups in total. The second kappa shape index (κ2) is 7.97. The van der Waals surface area contributed by atoms with Gasteiger partial charge in [0, 0.05) is 30.2 Å². The normalized spacial score (nSPS) is 18.1. The zero-order chi connectivity index (χ0) is 21.3. The van der Waals surface area contributed by atoms with Crippen molar-refractivity contribution >= 4 is 22.5 Å². The van der Waals surface area contributed by atoms with E-state index in [1.165, 1.54) is 5.56 Å². The van der Waals surface area contributed by atoms with Crippen molar-refractivity contribution in [3.05, 3.63) is 65.9 Å². The molecule has 0 saturated carbocycles. The Kier molecular flexibility index (Phi) is 5.36. The van der Waals surface area contributed by atoms with Gasteiger partial charge in [-0.15, -0.1) is 0 Å². The SMILES string of the molecule is CN(C(=O)c1cc2cc([C@@H]3CCOC(C)(C)C3)ccc2n1CC#N)c1ccccc1. The van der Waals surface area contributed by atoms with Crippen LogP contribution >= 0.6 is 0 Å². The molecular weight excluding hydrogens is 374 g/mol. The van der Waals surface area contributed by atoms with E-state index in [0.717, 1.165) is 36.0 Å². The van der Waals surface area contributed by atoms with Crippen LogP contribution in [0.15, 0.2) is 54.6 Å². The van der Waals surface area contributed by atoms with E-state index in [1.807, 2.05) is 47.0 Å². The van der Waals surface area contributed by atoms with Crippen LogP contribution in [-0.4, -0.2) is 29.7 Å². The smallest absolute Gasteiger partial charge is 0.274 e. The average Bonchev–Trinajstić information content (AvgIpc) is 3.10. The van der Waals surface area contributed by atoms with E-state index < -0.39 is 0 Å². The number of carbonyl (C=O) groups is 1. The Balaban J connectivity index is 1.72. The summed E-state index contributed by atoms with van der Waals surface area (Å²) in [5, 5.41) is 10.4. The minimum absolute atomic E-state index is 0.121. The standard InChI is InChI=1S/C25H27N3O2/c1-25(2)17-19(11-14-30-25)18-9-10-22-20(15-18)16-23(28(22)13-12-26)24(29)27(3)21-7-5-4-6-8-21/h4-10,15-16,19H,11,13-14,17H2,1-3H3/t19-/m1/s1. The highest BCUT2D eigenvalue weighted by Gasteiger charge is 2.30. The molecular formula is C25H27N3O2. The fourth-order valence-electron chi connectivity index (χ4n) is 4.42. The van der Waals surface area contributed by atoms with E-state index in [2.05, 4.69) is 32.0 Å². The lowest BCUT2D eigenvalue weighted by molar-refractivity contribution is -0.0592. The lowest BCUT2D eigenvalue weighted by Crippen LogP contribution is -2.32. The zero-order valence-corrected chi connectivity index (χ0v) is 17.8. The summed E-state index contributed by atoms with van der Waals surface area (Å²) in [6, 6.07) is 20.0. The molecule has 3 aromatic rings. The molecule has 0 bridgehead atoms. The summed E-state index contributed by atoms with van der Waals surface area (Å²) < 4.78 is 7.68. The average molecular weight is 402 g/mol. The number of rotatable bonds is 4. The number of hydrogen-bond acceptors (Lipinski definition) is 3. The monoisotopic (exact) mass is 401 g/mol. The van der Waals surface area contributed by atoms with Gasteiger partial charge in [-0.2, -0.15) is 5.26 Å². The maximum Gasteiger partial charge on any atom is 0.274 e. The van der Waals surface area contributed by atoms with Crippen LogP contribution in [-0.2, 0) is 11.3 Å². The summed E-state index contributed by atoms with van der Waals surface area (Å²) in [4.78, 5) is 14.9. The van der Waals surface area contributed by atoms with Gasteiger partial charge in [0.2, 0.25) is 0 Å². The van der Waals surface area contributed by atoms with E-state index in [9.17, 15) is 10.1 Å². The molecule has 0 spiro atoms. The minimum Gasteiger partial charge on any atom is -0.376 e. The Bertz CT molecular complexity index is 1110. The number of hydrogen-bond donors (Lipinski definition) is 0. The molecule has 4 rings (SSSR count). The predicted molar refractivity (Wildman–Crippen MR) is 119 cm³/mol. The van der Waals surface area contributed by atoms with Crippen LogP contribution in [0.3, 0.4) is 0 Å². The first kappa shape index (κ1) is 20.2. The summed E-state index contributed by atoms with van der Waals surface area (Å²) in [6.07, 6.45) is 1.97. The molecule has 1 fully saturated rings. The molecule has 1 aliphatic rings. The molecule has 1 aliphatic heterocycles. The predicted octanol–water partition coefficient (Wildman–Crippen LogP) is 5.11. The molecule has 0 radical (unpaired) electrons. The first-order chi connectivity index (χ1) is 14.4. The third kappa shape index (κ3) is 3.83. The Morgan fingerprint density at radius 3 is 2.70 bits per heavy atom. The number of nitriles is 1. The van der Waals surface area contributed by atoms with E-state index in [1.54, 1.807) is 11.9 Å². The maximum absolute atomic E-state index is 13.3. The summed E-state index contributed by atoms with van der Waals surface area (Å²) in [5.41, 5.74) is 3.41. The molecule has 5 nitrogen and oxygen atoms in total. The molecule has 0 aliphatic carbocycles. The van der Waals surface area contributed by atoms with E-state index in [0.29, 0.717) is 11.6 Å². The van der Waals surface area contributed by atoms with Crippen molar-refractivity contribution in [1.29, 1.82) is 5.26 Å². The van der Waals surface area contributed by atoms with Gasteiger partial charge >= 0.3 is 0 Å². The summed E-state index contributed by atoms with van der Waals surface area (Å²) in [6.45, 7) is 5.17. The van der Waals surface area contributed by atoms with Gasteiger partial charge in [-0.3, -0.25) is 4.79 Å². The van der Waals surface area contributed by atoms with E-state index in [-0.39, 0.29) is 18.1 Å². The number of anilines is 1.